The second-order valence-corrected chi connectivity index (χ2v) is 13.5. The number of aromatic nitrogens is 5. The minimum atomic E-state index is -2.71. The average Bonchev–Trinajstić information content (AvgIpc) is 3.77. The lowest BCUT2D eigenvalue weighted by atomic mass is 9.80. The highest BCUT2D eigenvalue weighted by atomic mass is 19.3. The number of pyridine rings is 1. The van der Waals surface area contributed by atoms with Crippen molar-refractivity contribution < 1.29 is 27.5 Å². The van der Waals surface area contributed by atoms with Gasteiger partial charge < -0.3 is 9.64 Å². The molecule has 1 amide bonds. The predicted molar refractivity (Wildman–Crippen MR) is 184 cm³/mol. The lowest BCUT2D eigenvalue weighted by molar-refractivity contribution is -0.136. The zero-order valence-corrected chi connectivity index (χ0v) is 28.2. The monoisotopic (exact) mass is 697 g/mol. The van der Waals surface area contributed by atoms with Crippen LogP contribution in [-0.4, -0.2) is 93.1 Å². The van der Waals surface area contributed by atoms with Crippen molar-refractivity contribution >= 4 is 22.6 Å². The van der Waals surface area contributed by atoms with Gasteiger partial charge in [-0.3, -0.25) is 24.6 Å². The molecule has 0 saturated carbocycles. The maximum absolute atomic E-state index is 16.1. The van der Waals surface area contributed by atoms with E-state index in [1.807, 2.05) is 35.2 Å². The van der Waals surface area contributed by atoms with Crippen LogP contribution in [-0.2, 0) is 26.4 Å². The van der Waals surface area contributed by atoms with Crippen molar-refractivity contribution in [1.29, 1.82) is 0 Å². The number of alkyl halides is 3. The van der Waals surface area contributed by atoms with Gasteiger partial charge in [-0.05, 0) is 54.4 Å². The molecule has 1 N–H and O–H groups in total. The van der Waals surface area contributed by atoms with Crippen LogP contribution in [0.3, 0.4) is 0 Å². The van der Waals surface area contributed by atoms with Gasteiger partial charge in [-0.15, -0.1) is 0 Å². The Balaban J connectivity index is 0.972. The average molecular weight is 698 g/mol. The number of piperidine rings is 1. The van der Waals surface area contributed by atoms with Gasteiger partial charge in [0.05, 0.1) is 24.1 Å². The van der Waals surface area contributed by atoms with E-state index < -0.39 is 17.5 Å². The number of aromatic amines is 1. The third kappa shape index (κ3) is 7.13. The van der Waals surface area contributed by atoms with Gasteiger partial charge in [-0.1, -0.05) is 30.3 Å². The fourth-order valence-corrected chi connectivity index (χ4v) is 7.33. The van der Waals surface area contributed by atoms with E-state index >= 15 is 4.39 Å². The van der Waals surface area contributed by atoms with E-state index in [2.05, 4.69) is 25.1 Å². The summed E-state index contributed by atoms with van der Waals surface area (Å²) in [6.07, 6.45) is 3.02. The Morgan fingerprint density at radius 1 is 0.922 bits per heavy atom. The molecule has 0 spiro atoms. The number of carbonyl (C=O) groups excluding carboxylic acids is 2. The van der Waals surface area contributed by atoms with Gasteiger partial charge in [0.25, 0.3) is 6.43 Å². The molecule has 13 heteroatoms. The molecule has 5 aromatic rings. The highest BCUT2D eigenvalue weighted by Crippen LogP contribution is 2.39. The number of hydrogen-bond acceptors (Lipinski definition) is 8. The van der Waals surface area contributed by atoms with E-state index in [-0.39, 0.29) is 49.8 Å². The highest BCUT2D eigenvalue weighted by molar-refractivity contribution is 5.95. The number of ketones is 1. The molecule has 7 rings (SSSR count). The van der Waals surface area contributed by atoms with Crippen LogP contribution < -0.4 is 0 Å². The van der Waals surface area contributed by atoms with Crippen molar-refractivity contribution in [3.05, 3.63) is 96.1 Å². The van der Waals surface area contributed by atoms with Gasteiger partial charge in [0.2, 0.25) is 5.91 Å². The van der Waals surface area contributed by atoms with E-state index in [0.29, 0.717) is 66.1 Å². The molecule has 1 atom stereocenters. The van der Waals surface area contributed by atoms with Crippen LogP contribution in [0.15, 0.2) is 79.3 Å². The van der Waals surface area contributed by atoms with E-state index in [1.54, 1.807) is 48.7 Å². The maximum atomic E-state index is 16.1. The van der Waals surface area contributed by atoms with Crippen molar-refractivity contribution in [2.75, 3.05) is 46.4 Å². The molecule has 264 valence electrons. The topological polar surface area (TPSA) is 117 Å². The Labute approximate surface area is 293 Å². The number of halogens is 3. The molecular formula is C38H38F3N7O3. The molecule has 2 saturated heterocycles. The molecule has 0 bridgehead atoms. The normalized spacial score (nSPS) is 19.2. The standard InChI is InChI=1S/C38H38F3N7O3/c1-51-24-37(32(49)20-25-3-8-30-29(19-25)34(46-45-30)27-9-15-42-31(21-27)35(39)40)10-16-47(23-37)22-33(50)48-17-11-38(41,12-18-48)28-6-4-26(5-7-28)36-43-13-2-14-44-36/h2-9,13-15,19,21,35H,10-12,16-18,20,22-24H2,1H3,(H,45,46)/t37-/m1/s1. The van der Waals surface area contributed by atoms with Crippen LogP contribution >= 0.6 is 0 Å². The second kappa shape index (κ2) is 14.3. The third-order valence-corrected chi connectivity index (χ3v) is 10.2. The van der Waals surface area contributed by atoms with Gasteiger partial charge in [0.15, 0.2) is 5.82 Å². The molecule has 10 nitrogen and oxygen atoms in total. The fourth-order valence-electron chi connectivity index (χ4n) is 7.33. The first-order valence-corrected chi connectivity index (χ1v) is 17.0. The number of nitrogens with zero attached hydrogens (tertiary/aromatic N) is 6. The lowest BCUT2D eigenvalue weighted by Gasteiger charge is -2.37. The number of carbonyl (C=O) groups is 2. The maximum Gasteiger partial charge on any atom is 0.280 e. The molecule has 0 radical (unpaired) electrons. The largest absolute Gasteiger partial charge is 0.384 e. The summed E-state index contributed by atoms with van der Waals surface area (Å²) < 4.78 is 48.3. The molecule has 2 aliphatic heterocycles. The Hall–Kier alpha value is -5.01. The Bertz CT molecular complexity index is 2020. The van der Waals surface area contributed by atoms with Crippen LogP contribution in [0.25, 0.3) is 33.5 Å². The zero-order chi connectivity index (χ0) is 35.6. The van der Waals surface area contributed by atoms with Crippen molar-refractivity contribution in [3.63, 3.8) is 0 Å². The number of benzene rings is 2. The number of methoxy groups -OCH3 is 1. The van der Waals surface area contributed by atoms with Crippen molar-refractivity contribution in [1.82, 2.24) is 34.9 Å². The Morgan fingerprint density at radius 2 is 1.69 bits per heavy atom. The van der Waals surface area contributed by atoms with Crippen LogP contribution in [0.1, 0.15) is 42.5 Å². The van der Waals surface area contributed by atoms with Crippen LogP contribution in [0.4, 0.5) is 13.2 Å². The number of hydrogen-bond donors (Lipinski definition) is 1. The molecule has 2 aromatic carbocycles. The quantitative estimate of drug-likeness (QED) is 0.180. The molecule has 3 aromatic heterocycles. The summed E-state index contributed by atoms with van der Waals surface area (Å²) in [6.45, 7) is 1.88. The number of amides is 1. The minimum absolute atomic E-state index is 0.00220. The number of H-pyrrole nitrogens is 1. The lowest BCUT2D eigenvalue weighted by Crippen LogP contribution is -2.47. The number of fused-ring (bicyclic) bond motifs is 1. The molecular weight excluding hydrogens is 659 g/mol. The Morgan fingerprint density at radius 3 is 2.41 bits per heavy atom. The summed E-state index contributed by atoms with van der Waals surface area (Å²) in [6, 6.07) is 17.4. The number of Topliss-reactive ketones (excluding diaryl/α,β-unsaturated/α-hetero) is 1. The van der Waals surface area contributed by atoms with Crippen molar-refractivity contribution in [3.8, 4) is 22.6 Å². The van der Waals surface area contributed by atoms with Gasteiger partial charge in [-0.2, -0.15) is 5.10 Å². The fraction of sp³-hybridized carbons (Fsp3) is 0.368. The summed E-state index contributed by atoms with van der Waals surface area (Å²) in [5, 5.41) is 8.00. The molecule has 0 unspecified atom stereocenters. The van der Waals surface area contributed by atoms with Gasteiger partial charge in [0, 0.05) is 81.1 Å². The van der Waals surface area contributed by atoms with E-state index in [0.717, 1.165) is 11.1 Å². The summed E-state index contributed by atoms with van der Waals surface area (Å²) in [4.78, 5) is 43.3. The van der Waals surface area contributed by atoms with E-state index in [9.17, 15) is 18.4 Å². The minimum Gasteiger partial charge on any atom is -0.384 e. The third-order valence-electron chi connectivity index (χ3n) is 10.2. The smallest absolute Gasteiger partial charge is 0.280 e. The van der Waals surface area contributed by atoms with Crippen LogP contribution in [0.2, 0.25) is 0 Å². The van der Waals surface area contributed by atoms with Crippen molar-refractivity contribution in [2.45, 2.75) is 37.8 Å². The number of nitrogens with one attached hydrogen (secondary N) is 1. The van der Waals surface area contributed by atoms with Crippen LogP contribution in [0.5, 0.6) is 0 Å². The van der Waals surface area contributed by atoms with E-state index in [4.69, 9.17) is 4.74 Å². The SMILES string of the molecule is COC[C@@]1(C(=O)Cc2ccc3[nH]nc(-c4ccnc(C(F)F)c4)c3c2)CCN(CC(=O)N2CCC(F)(c3ccc(-c4ncccn4)cc3)CC2)C1. The summed E-state index contributed by atoms with van der Waals surface area (Å²) in [5.41, 5.74) is 1.20. The van der Waals surface area contributed by atoms with Gasteiger partial charge in [-0.25, -0.2) is 23.1 Å². The predicted octanol–water partition coefficient (Wildman–Crippen LogP) is 5.96. The summed E-state index contributed by atoms with van der Waals surface area (Å²) in [5.74, 6) is 0.493. The molecule has 2 fully saturated rings. The first-order chi connectivity index (χ1) is 24.7. The molecule has 5 heterocycles. The molecule has 2 aliphatic rings. The van der Waals surface area contributed by atoms with Gasteiger partial charge in [0.1, 0.15) is 22.8 Å². The summed E-state index contributed by atoms with van der Waals surface area (Å²) >= 11 is 0. The molecule has 0 aliphatic carbocycles. The first kappa shape index (κ1) is 34.4. The van der Waals surface area contributed by atoms with Crippen molar-refractivity contribution in [2.24, 2.45) is 5.41 Å². The first-order valence-electron chi connectivity index (χ1n) is 17.0. The second-order valence-electron chi connectivity index (χ2n) is 13.5. The van der Waals surface area contributed by atoms with Crippen LogP contribution in [0, 0.1) is 5.41 Å². The van der Waals surface area contributed by atoms with E-state index in [1.165, 1.54) is 12.3 Å². The summed E-state index contributed by atoms with van der Waals surface area (Å²) in [7, 11) is 1.56. The highest BCUT2D eigenvalue weighted by Gasteiger charge is 2.45. The zero-order valence-electron chi connectivity index (χ0n) is 28.2. The Kier molecular flexibility index (Phi) is 9.67. The number of likely N-dealkylation sites (tertiary alicyclic amines) is 2. The van der Waals surface area contributed by atoms with Gasteiger partial charge >= 0.3 is 0 Å². The molecule has 51 heavy (non-hydrogen) atoms. The number of rotatable bonds is 11. The number of ether oxygens (including phenoxy) is 1.